The minimum Gasteiger partial charge on any atom is -1.00 e. The van der Waals surface area contributed by atoms with E-state index in [0.29, 0.717) is 6.54 Å². The molecule has 1 atom stereocenters. The molecule has 0 radical (unpaired) electrons. The number of hydrogen-bond donors (Lipinski definition) is 0. The van der Waals surface area contributed by atoms with Crippen molar-refractivity contribution < 1.29 is 52.8 Å². The summed E-state index contributed by atoms with van der Waals surface area (Å²) in [5.74, 6) is 2.08. The molecule has 1 rings (SSSR count). The van der Waals surface area contributed by atoms with Crippen LogP contribution in [-0.2, 0) is 6.54 Å². The zero-order valence-corrected chi connectivity index (χ0v) is 10.9. The Balaban J connectivity index is 0. The molecule has 0 amide bonds. The summed E-state index contributed by atoms with van der Waals surface area (Å²) in [4.78, 5) is 9.67. The van der Waals surface area contributed by atoms with Gasteiger partial charge >= 0.3 is 51.4 Å². The van der Waals surface area contributed by atoms with Gasteiger partial charge in [-0.05, 0) is 13.7 Å². The monoisotopic (exact) mass is 203 g/mol. The molecule has 1 aromatic rings. The van der Waals surface area contributed by atoms with Crippen molar-refractivity contribution in [1.82, 2.24) is 0 Å². The zero-order chi connectivity index (χ0) is 5.82. The van der Waals surface area contributed by atoms with Crippen LogP contribution < -0.4 is 51.4 Å². The fourth-order valence-corrected chi connectivity index (χ4v) is 5.83. The molecule has 0 aromatic carbocycles. The van der Waals surface area contributed by atoms with Crippen molar-refractivity contribution in [2.45, 2.75) is 6.54 Å². The quantitative estimate of drug-likeness (QED) is 0.500. The van der Waals surface area contributed by atoms with Gasteiger partial charge < -0.3 is 1.43 Å². The minimum absolute atomic E-state index is 0. The van der Waals surface area contributed by atoms with Gasteiger partial charge in [-0.25, -0.2) is 0 Å². The van der Waals surface area contributed by atoms with Gasteiger partial charge in [0.2, 0.25) is 0 Å². The molecule has 2 nitrogen and oxygen atoms in total. The van der Waals surface area contributed by atoms with E-state index in [1.807, 2.05) is 0 Å². The van der Waals surface area contributed by atoms with E-state index >= 15 is 0 Å². The predicted molar refractivity (Wildman–Crippen MR) is 41.6 cm³/mol. The van der Waals surface area contributed by atoms with E-state index in [1.54, 1.807) is 0 Å². The van der Waals surface area contributed by atoms with Crippen LogP contribution in [-0.4, -0.2) is 0 Å². The molecular formula is C3H5KNOP3. The molecule has 0 saturated heterocycles. The maximum atomic E-state index is 9.67. The summed E-state index contributed by atoms with van der Waals surface area (Å²) >= 11 is 0. The molecule has 0 aliphatic rings. The van der Waals surface area contributed by atoms with E-state index < -0.39 is 0 Å². The van der Waals surface area contributed by atoms with Crippen LogP contribution in [0.15, 0.2) is 11.0 Å². The van der Waals surface area contributed by atoms with Crippen LogP contribution in [0, 0.1) is 4.91 Å². The fourth-order valence-electron chi connectivity index (χ4n) is 0.368. The Morgan fingerprint density at radius 2 is 2.67 bits per heavy atom. The first-order valence-electron chi connectivity index (χ1n) is 2.07. The molecule has 6 heteroatoms. The third-order valence-electron chi connectivity index (χ3n) is 0.691. The third-order valence-corrected chi connectivity index (χ3v) is 5.94. The average Bonchev–Trinajstić information content (AvgIpc) is 2.19. The number of rotatable bonds is 2. The van der Waals surface area contributed by atoms with Crippen molar-refractivity contribution in [3.63, 3.8) is 0 Å². The Kier molecular flexibility index (Phi) is 7.95. The summed E-state index contributed by atoms with van der Waals surface area (Å²) in [7, 11) is 3.64. The molecular weight excluding hydrogens is 198 g/mol. The second-order valence-electron chi connectivity index (χ2n) is 1.25. The van der Waals surface area contributed by atoms with Crippen molar-refractivity contribution >= 4 is 23.3 Å². The molecule has 0 aliphatic heterocycles. The first-order valence-corrected chi connectivity index (χ1v) is 6.61. The Labute approximate surface area is 102 Å². The van der Waals surface area contributed by atoms with Crippen LogP contribution in [0.1, 0.15) is 6.72 Å². The largest absolute Gasteiger partial charge is 1.00 e. The van der Waals surface area contributed by atoms with Gasteiger partial charge in [-0.3, -0.25) is 0 Å². The van der Waals surface area contributed by atoms with Gasteiger partial charge in [0.05, 0.1) is 0 Å². The third kappa shape index (κ3) is 4.34. The number of nitroso groups, excluding NO2 is 1. The van der Waals surface area contributed by atoms with Crippen LogP contribution in [0.5, 0.6) is 0 Å². The van der Waals surface area contributed by atoms with Gasteiger partial charge in [0.25, 0.3) is 0 Å². The van der Waals surface area contributed by atoms with E-state index in [0.717, 1.165) is 7.55 Å². The molecule has 44 valence electrons. The van der Waals surface area contributed by atoms with Crippen molar-refractivity contribution in [1.29, 1.82) is 0 Å². The van der Waals surface area contributed by atoms with Crippen molar-refractivity contribution in [3.8, 4) is 0 Å². The summed E-state index contributed by atoms with van der Waals surface area (Å²) in [6.07, 6.45) is 0. The fraction of sp³-hybridized carbons (Fsp3) is 0.333. The van der Waals surface area contributed by atoms with Gasteiger partial charge in [-0.2, -0.15) is 4.91 Å². The van der Waals surface area contributed by atoms with Crippen molar-refractivity contribution in [3.05, 3.63) is 16.0 Å². The standard InChI is InChI=1S/C3H4NOP3.K.H/c5-4-1-3-2-6-8-7-3;;/h2,8H,1H2;;/q;+1;-1. The van der Waals surface area contributed by atoms with Gasteiger partial charge in [0.15, 0.2) is 0 Å². The van der Waals surface area contributed by atoms with Crippen LogP contribution in [0.25, 0.3) is 0 Å². The number of hydrogen-bond acceptors (Lipinski definition) is 2. The Bertz CT molecular complexity index is 170. The first kappa shape index (κ1) is 10.9. The molecule has 1 unspecified atom stereocenters. The zero-order valence-electron chi connectivity index (χ0n) is 6.03. The van der Waals surface area contributed by atoms with Crippen LogP contribution in [0.4, 0.5) is 0 Å². The maximum absolute atomic E-state index is 9.67. The van der Waals surface area contributed by atoms with Crippen LogP contribution in [0.2, 0.25) is 0 Å². The summed E-state index contributed by atoms with van der Waals surface area (Å²) in [6.45, 7) is 0.404. The maximum Gasteiger partial charge on any atom is 1.00 e. The average molecular weight is 203 g/mol. The Hall–Kier alpha value is 1.88. The SMILES string of the molecule is O=NCc1cp[pH]p1.[H-].[K+]. The van der Waals surface area contributed by atoms with Gasteiger partial charge in [-0.1, -0.05) is 20.6 Å². The molecule has 9 heavy (non-hydrogen) atoms. The van der Waals surface area contributed by atoms with E-state index in [2.05, 4.69) is 11.0 Å². The number of nitrogens with zero attached hydrogens (tertiary/aromatic N) is 1. The Morgan fingerprint density at radius 1 is 1.89 bits per heavy atom. The summed E-state index contributed by atoms with van der Waals surface area (Å²) < 4.78 is 0. The summed E-state index contributed by atoms with van der Waals surface area (Å²) in [6, 6.07) is 0. The minimum atomic E-state index is 0. The van der Waals surface area contributed by atoms with Crippen LogP contribution in [0.3, 0.4) is 0 Å². The van der Waals surface area contributed by atoms with E-state index in [-0.39, 0.29) is 52.8 Å². The molecule has 0 bridgehead atoms. The second-order valence-corrected chi connectivity index (χ2v) is 6.61. The summed E-state index contributed by atoms with van der Waals surface area (Å²) in [5, 5.41) is 3.99. The van der Waals surface area contributed by atoms with Gasteiger partial charge in [0.1, 0.15) is 6.54 Å². The topological polar surface area (TPSA) is 29.4 Å². The van der Waals surface area contributed by atoms with Crippen molar-refractivity contribution in [2.24, 2.45) is 5.18 Å². The van der Waals surface area contributed by atoms with Crippen LogP contribution >= 0.6 is 23.3 Å². The Morgan fingerprint density at radius 3 is 3.11 bits per heavy atom. The molecule has 0 aliphatic carbocycles. The first-order chi connectivity index (χ1) is 3.93. The summed E-state index contributed by atoms with van der Waals surface area (Å²) in [5.41, 5.74) is 0. The van der Waals surface area contributed by atoms with E-state index in [4.69, 9.17) is 0 Å². The molecule has 1 aromatic heterocycles. The van der Waals surface area contributed by atoms with Gasteiger partial charge in [0, 0.05) is 5.30 Å². The van der Waals surface area contributed by atoms with E-state index in [9.17, 15) is 4.91 Å². The molecule has 0 spiro atoms. The second kappa shape index (κ2) is 6.58. The van der Waals surface area contributed by atoms with Crippen molar-refractivity contribution in [2.75, 3.05) is 0 Å². The van der Waals surface area contributed by atoms with Gasteiger partial charge in [-0.15, -0.1) is 0 Å². The predicted octanol–water partition coefficient (Wildman–Crippen LogP) is 0.261. The smallest absolute Gasteiger partial charge is 1.00 e. The molecule has 0 saturated carbocycles. The molecule has 1 heterocycles. The molecule has 0 fully saturated rings. The van der Waals surface area contributed by atoms with E-state index in [1.165, 1.54) is 21.0 Å². The normalized spacial score (nSPS) is 10.7. The molecule has 0 N–H and O–H groups in total.